The Morgan fingerprint density at radius 2 is 1.52 bits per heavy atom. The fraction of sp³-hybridized carbons (Fsp3) is 0.944. The van der Waals surface area contributed by atoms with E-state index in [1.807, 2.05) is 20.8 Å². The molecule has 0 aliphatic rings. The van der Waals surface area contributed by atoms with Gasteiger partial charge < -0.3 is 9.22 Å². The Balaban J connectivity index is 3.80. The molecule has 0 aromatic heterocycles. The van der Waals surface area contributed by atoms with Crippen molar-refractivity contribution in [3.63, 3.8) is 0 Å². The van der Waals surface area contributed by atoms with E-state index in [2.05, 4.69) is 21.0 Å². The zero-order valence-electron chi connectivity index (χ0n) is 15.3. The molecule has 0 saturated heterocycles. The molecule has 0 rings (SSSR count). The van der Waals surface area contributed by atoms with E-state index in [4.69, 9.17) is 4.74 Å². The lowest BCUT2D eigenvalue weighted by atomic mass is 9.91. The first-order valence-electron chi connectivity index (χ1n) is 8.74. The summed E-state index contributed by atoms with van der Waals surface area (Å²) in [4.78, 5) is 11.9. The Morgan fingerprint density at radius 3 is 2.10 bits per heavy atom. The standard InChI is InChI=1S/C18H38NO2/c1-7-9-10-11-12-13-14-19(5,6)15-16-21-17(20)18(3,4)8-2/h7-16H2,1-6H3/q+1. The van der Waals surface area contributed by atoms with E-state index >= 15 is 0 Å². The van der Waals surface area contributed by atoms with Crippen molar-refractivity contribution < 1.29 is 14.0 Å². The average molecular weight is 301 g/mol. The third kappa shape index (κ3) is 9.89. The summed E-state index contributed by atoms with van der Waals surface area (Å²) in [6.45, 7) is 10.8. The molecule has 126 valence electrons. The molecule has 0 N–H and O–H groups in total. The highest BCUT2D eigenvalue weighted by Crippen LogP contribution is 2.21. The van der Waals surface area contributed by atoms with Crippen LogP contribution in [0, 0.1) is 5.41 Å². The van der Waals surface area contributed by atoms with Crippen LogP contribution in [0.5, 0.6) is 0 Å². The Morgan fingerprint density at radius 1 is 0.952 bits per heavy atom. The van der Waals surface area contributed by atoms with Crippen LogP contribution in [0.2, 0.25) is 0 Å². The van der Waals surface area contributed by atoms with E-state index in [1.54, 1.807) is 0 Å². The summed E-state index contributed by atoms with van der Waals surface area (Å²) in [6, 6.07) is 0. The number of esters is 1. The molecule has 0 spiro atoms. The van der Waals surface area contributed by atoms with Gasteiger partial charge in [0.1, 0.15) is 13.2 Å². The van der Waals surface area contributed by atoms with Gasteiger partial charge in [-0.3, -0.25) is 4.79 Å². The number of nitrogens with zero attached hydrogens (tertiary/aromatic N) is 1. The number of likely N-dealkylation sites (N-methyl/N-ethyl adjacent to an activating group) is 1. The van der Waals surface area contributed by atoms with Crippen LogP contribution in [0.4, 0.5) is 0 Å². The van der Waals surface area contributed by atoms with Crippen LogP contribution in [0.25, 0.3) is 0 Å². The lowest BCUT2D eigenvalue weighted by molar-refractivity contribution is -0.890. The largest absolute Gasteiger partial charge is 0.459 e. The monoisotopic (exact) mass is 300 g/mol. The summed E-state index contributed by atoms with van der Waals surface area (Å²) in [5.41, 5.74) is -0.351. The van der Waals surface area contributed by atoms with E-state index in [9.17, 15) is 4.79 Å². The maximum absolute atomic E-state index is 11.9. The molecule has 0 aliphatic heterocycles. The quantitative estimate of drug-likeness (QED) is 0.303. The predicted octanol–water partition coefficient (Wildman–Crippen LogP) is 4.40. The highest BCUT2D eigenvalue weighted by Gasteiger charge is 2.27. The van der Waals surface area contributed by atoms with Crippen LogP contribution in [0.3, 0.4) is 0 Å². The molecule has 0 saturated carbocycles. The molecule has 3 nitrogen and oxygen atoms in total. The minimum Gasteiger partial charge on any atom is -0.459 e. The zero-order valence-corrected chi connectivity index (χ0v) is 15.3. The second-order valence-electron chi connectivity index (χ2n) is 7.52. The van der Waals surface area contributed by atoms with Gasteiger partial charge in [-0.25, -0.2) is 0 Å². The third-order valence-corrected chi connectivity index (χ3v) is 4.48. The molecule has 3 heteroatoms. The first kappa shape index (κ1) is 20.4. The number of quaternary nitrogens is 1. The molecule has 0 amide bonds. The van der Waals surface area contributed by atoms with Crippen molar-refractivity contribution in [2.75, 3.05) is 33.8 Å². The van der Waals surface area contributed by atoms with Gasteiger partial charge in [-0.05, 0) is 33.1 Å². The Bertz CT molecular complexity index is 285. The van der Waals surface area contributed by atoms with E-state index < -0.39 is 0 Å². The van der Waals surface area contributed by atoms with Gasteiger partial charge in [0.05, 0.1) is 26.1 Å². The highest BCUT2D eigenvalue weighted by atomic mass is 16.5. The molecule has 0 heterocycles. The Labute approximate surface area is 132 Å². The summed E-state index contributed by atoms with van der Waals surface area (Å²) in [5.74, 6) is -0.0652. The van der Waals surface area contributed by atoms with Crippen molar-refractivity contribution in [1.82, 2.24) is 0 Å². The lowest BCUT2D eigenvalue weighted by Gasteiger charge is -2.30. The molecule has 0 fully saturated rings. The molecular weight excluding hydrogens is 262 g/mol. The first-order chi connectivity index (χ1) is 9.75. The molecule has 0 radical (unpaired) electrons. The summed E-state index contributed by atoms with van der Waals surface area (Å²) < 4.78 is 6.38. The van der Waals surface area contributed by atoms with E-state index in [0.717, 1.165) is 17.4 Å². The van der Waals surface area contributed by atoms with Crippen molar-refractivity contribution >= 4 is 5.97 Å². The van der Waals surface area contributed by atoms with Gasteiger partial charge in [0, 0.05) is 0 Å². The minimum absolute atomic E-state index is 0.0652. The molecule has 0 aromatic rings. The van der Waals surface area contributed by atoms with Gasteiger partial charge in [-0.1, -0.05) is 39.5 Å². The van der Waals surface area contributed by atoms with E-state index in [-0.39, 0.29) is 11.4 Å². The molecule has 0 atom stereocenters. The van der Waals surface area contributed by atoms with Crippen LogP contribution in [-0.2, 0) is 9.53 Å². The molecule has 0 unspecified atom stereocenters. The van der Waals surface area contributed by atoms with Gasteiger partial charge in [0.25, 0.3) is 0 Å². The normalized spacial score (nSPS) is 12.5. The number of hydrogen-bond acceptors (Lipinski definition) is 2. The number of carbonyl (C=O) groups is 1. The number of unbranched alkanes of at least 4 members (excludes halogenated alkanes) is 5. The van der Waals surface area contributed by atoms with Crippen molar-refractivity contribution in [3.8, 4) is 0 Å². The summed E-state index contributed by atoms with van der Waals surface area (Å²) >= 11 is 0. The number of rotatable bonds is 12. The van der Waals surface area contributed by atoms with Crippen molar-refractivity contribution in [2.24, 2.45) is 5.41 Å². The number of ether oxygens (including phenoxy) is 1. The summed E-state index contributed by atoms with van der Waals surface area (Å²) in [7, 11) is 4.45. The summed E-state index contributed by atoms with van der Waals surface area (Å²) in [6.07, 6.45) is 8.81. The maximum atomic E-state index is 11.9. The molecule has 0 aliphatic carbocycles. The van der Waals surface area contributed by atoms with Gasteiger partial charge in [-0.15, -0.1) is 0 Å². The van der Waals surface area contributed by atoms with Crippen molar-refractivity contribution in [3.05, 3.63) is 0 Å². The van der Waals surface area contributed by atoms with Crippen molar-refractivity contribution in [2.45, 2.75) is 72.6 Å². The van der Waals surface area contributed by atoms with Crippen LogP contribution < -0.4 is 0 Å². The predicted molar refractivity (Wildman–Crippen MR) is 90.2 cm³/mol. The lowest BCUT2D eigenvalue weighted by Crippen LogP contribution is -2.43. The first-order valence-corrected chi connectivity index (χ1v) is 8.74. The van der Waals surface area contributed by atoms with E-state index in [0.29, 0.717) is 6.61 Å². The maximum Gasteiger partial charge on any atom is 0.311 e. The second-order valence-corrected chi connectivity index (χ2v) is 7.52. The second kappa shape index (κ2) is 10.2. The Hall–Kier alpha value is -0.570. The van der Waals surface area contributed by atoms with E-state index in [1.165, 1.54) is 45.1 Å². The van der Waals surface area contributed by atoms with Gasteiger partial charge >= 0.3 is 5.97 Å². The smallest absolute Gasteiger partial charge is 0.311 e. The Kier molecular flexibility index (Phi) is 9.93. The molecule has 21 heavy (non-hydrogen) atoms. The fourth-order valence-corrected chi connectivity index (χ4v) is 2.16. The topological polar surface area (TPSA) is 26.3 Å². The molecule has 0 aromatic carbocycles. The minimum atomic E-state index is -0.351. The van der Waals surface area contributed by atoms with Gasteiger partial charge in [0.15, 0.2) is 0 Å². The zero-order chi connectivity index (χ0) is 16.4. The number of hydrogen-bond donors (Lipinski definition) is 0. The molecule has 0 bridgehead atoms. The third-order valence-electron chi connectivity index (χ3n) is 4.48. The van der Waals surface area contributed by atoms with Crippen LogP contribution in [0.1, 0.15) is 72.6 Å². The van der Waals surface area contributed by atoms with Gasteiger partial charge in [-0.2, -0.15) is 0 Å². The number of carbonyl (C=O) groups excluding carboxylic acids is 1. The van der Waals surface area contributed by atoms with Crippen LogP contribution in [-0.4, -0.2) is 44.2 Å². The van der Waals surface area contributed by atoms with Crippen LogP contribution >= 0.6 is 0 Å². The van der Waals surface area contributed by atoms with Crippen LogP contribution in [0.15, 0.2) is 0 Å². The molecular formula is C18H38NO2+. The fourth-order valence-electron chi connectivity index (χ4n) is 2.16. The average Bonchev–Trinajstić information content (AvgIpc) is 2.42. The van der Waals surface area contributed by atoms with Crippen molar-refractivity contribution in [1.29, 1.82) is 0 Å². The highest BCUT2D eigenvalue weighted by molar-refractivity contribution is 5.75. The van der Waals surface area contributed by atoms with Gasteiger partial charge in [0.2, 0.25) is 0 Å². The summed E-state index contributed by atoms with van der Waals surface area (Å²) in [5, 5.41) is 0. The SMILES string of the molecule is CCCCCCCC[N+](C)(C)CCOC(=O)C(C)(C)CC.